The molecule has 0 fully saturated rings. The summed E-state index contributed by atoms with van der Waals surface area (Å²) in [5.74, 6) is 1.39. The number of alkyl halides is 1. The van der Waals surface area contributed by atoms with E-state index in [0.717, 1.165) is 24.0 Å². The molecule has 180 valence electrons. The second kappa shape index (κ2) is 13.1. The van der Waals surface area contributed by atoms with Crippen molar-refractivity contribution in [3.63, 3.8) is 0 Å². The summed E-state index contributed by atoms with van der Waals surface area (Å²) in [5.41, 5.74) is 2.48. The molecule has 0 aliphatic carbocycles. The third kappa shape index (κ3) is 8.14. The Bertz CT molecular complexity index is 1020. The normalized spacial score (nSPS) is 12.7. The van der Waals surface area contributed by atoms with Gasteiger partial charge < -0.3 is 9.47 Å². The number of rotatable bonds is 12. The maximum atomic E-state index is 12.5. The fourth-order valence-corrected chi connectivity index (χ4v) is 3.89. The number of hydrogen-bond donors (Lipinski definition) is 0. The van der Waals surface area contributed by atoms with Gasteiger partial charge in [-0.1, -0.05) is 26.2 Å². The summed E-state index contributed by atoms with van der Waals surface area (Å²) in [5, 5.41) is 0.0434. The van der Waals surface area contributed by atoms with Crippen LogP contribution in [0.2, 0.25) is 0 Å². The van der Waals surface area contributed by atoms with Crippen LogP contribution < -0.4 is 9.47 Å². The SMILES string of the molecule is CCCCCCc1cnc(-c2ccc(OC(=O)c3ccc(O[C@@H](C)C[C@H](C)Cl)cc3)cc2)nc1. The van der Waals surface area contributed by atoms with Crippen LogP contribution in [0.25, 0.3) is 11.4 Å². The molecule has 6 heteroatoms. The number of carbonyl (C=O) groups excluding carboxylic acids is 1. The van der Waals surface area contributed by atoms with Gasteiger partial charge in [-0.15, -0.1) is 11.6 Å². The number of hydrogen-bond acceptors (Lipinski definition) is 5. The average molecular weight is 481 g/mol. The minimum Gasteiger partial charge on any atom is -0.491 e. The quantitative estimate of drug-likeness (QED) is 0.118. The van der Waals surface area contributed by atoms with E-state index >= 15 is 0 Å². The van der Waals surface area contributed by atoms with Crippen LogP contribution in [-0.4, -0.2) is 27.4 Å². The molecule has 34 heavy (non-hydrogen) atoms. The molecule has 0 spiro atoms. The highest BCUT2D eigenvalue weighted by Gasteiger charge is 2.12. The first-order chi connectivity index (χ1) is 16.4. The second-order valence-corrected chi connectivity index (χ2v) is 9.35. The highest BCUT2D eigenvalue weighted by Crippen LogP contribution is 2.22. The van der Waals surface area contributed by atoms with Gasteiger partial charge in [0.2, 0.25) is 0 Å². The van der Waals surface area contributed by atoms with Gasteiger partial charge in [0.05, 0.1) is 11.7 Å². The number of unbranched alkanes of at least 4 members (excludes halogenated alkanes) is 3. The molecule has 5 nitrogen and oxygen atoms in total. The number of carbonyl (C=O) groups is 1. The molecule has 0 amide bonds. The van der Waals surface area contributed by atoms with Crippen LogP contribution in [0.15, 0.2) is 60.9 Å². The zero-order valence-electron chi connectivity index (χ0n) is 20.2. The average Bonchev–Trinajstić information content (AvgIpc) is 2.83. The number of esters is 1. The highest BCUT2D eigenvalue weighted by molar-refractivity contribution is 6.20. The first-order valence-electron chi connectivity index (χ1n) is 12.0. The molecule has 2 atom stereocenters. The van der Waals surface area contributed by atoms with Crippen LogP contribution in [-0.2, 0) is 6.42 Å². The van der Waals surface area contributed by atoms with E-state index < -0.39 is 5.97 Å². The van der Waals surface area contributed by atoms with Crippen molar-refractivity contribution < 1.29 is 14.3 Å². The molecule has 0 saturated carbocycles. The molecule has 0 bridgehead atoms. The molecular formula is C28H33ClN2O3. The Morgan fingerprint density at radius 2 is 1.56 bits per heavy atom. The molecule has 0 radical (unpaired) electrons. The Labute approximate surface area is 207 Å². The number of nitrogens with zero attached hydrogens (tertiary/aromatic N) is 2. The minimum absolute atomic E-state index is 0.00482. The first kappa shape index (κ1) is 25.7. The van der Waals surface area contributed by atoms with Crippen molar-refractivity contribution in [2.75, 3.05) is 0 Å². The Morgan fingerprint density at radius 1 is 0.912 bits per heavy atom. The van der Waals surface area contributed by atoms with Gasteiger partial charge in [0.25, 0.3) is 0 Å². The van der Waals surface area contributed by atoms with Crippen molar-refractivity contribution in [3.05, 3.63) is 72.1 Å². The van der Waals surface area contributed by atoms with Crippen LogP contribution in [0, 0.1) is 0 Å². The smallest absolute Gasteiger partial charge is 0.343 e. The molecule has 3 rings (SSSR count). The van der Waals surface area contributed by atoms with Crippen LogP contribution >= 0.6 is 11.6 Å². The van der Waals surface area contributed by atoms with E-state index in [0.29, 0.717) is 22.9 Å². The molecule has 1 heterocycles. The van der Waals surface area contributed by atoms with Gasteiger partial charge >= 0.3 is 5.97 Å². The second-order valence-electron chi connectivity index (χ2n) is 8.61. The molecule has 0 saturated heterocycles. The number of aryl methyl sites for hydroxylation is 1. The van der Waals surface area contributed by atoms with Crippen LogP contribution in [0.4, 0.5) is 0 Å². The molecular weight excluding hydrogens is 448 g/mol. The van der Waals surface area contributed by atoms with Crippen LogP contribution in [0.1, 0.15) is 68.8 Å². The predicted molar refractivity (Wildman–Crippen MR) is 137 cm³/mol. The Kier molecular flexibility index (Phi) is 9.89. The van der Waals surface area contributed by atoms with Crippen LogP contribution in [0.5, 0.6) is 11.5 Å². The molecule has 2 aromatic carbocycles. The Balaban J connectivity index is 1.53. The van der Waals surface area contributed by atoms with Gasteiger partial charge in [-0.2, -0.15) is 0 Å². The van der Waals surface area contributed by atoms with Gasteiger partial charge in [-0.05, 0) is 80.8 Å². The predicted octanol–water partition coefficient (Wildman–Crippen LogP) is 7.27. The summed E-state index contributed by atoms with van der Waals surface area (Å²) < 4.78 is 11.3. The Morgan fingerprint density at radius 3 is 2.18 bits per heavy atom. The lowest BCUT2D eigenvalue weighted by Gasteiger charge is -2.15. The van der Waals surface area contributed by atoms with Gasteiger partial charge in [-0.25, -0.2) is 14.8 Å². The minimum atomic E-state index is -0.426. The van der Waals surface area contributed by atoms with E-state index in [2.05, 4.69) is 16.9 Å². The highest BCUT2D eigenvalue weighted by atomic mass is 35.5. The third-order valence-electron chi connectivity index (χ3n) is 5.43. The standard InChI is InChI=1S/C28H33ClN2O3/c1-4-5-6-7-8-22-18-30-27(31-19-22)23-9-13-26(14-10-23)34-28(32)24-11-15-25(16-12-24)33-21(3)17-20(2)29/h9-16,18-21H,4-8,17H2,1-3H3/t20-,21-/m0/s1. The van der Waals surface area contributed by atoms with Crippen molar-refractivity contribution in [1.29, 1.82) is 0 Å². The summed E-state index contributed by atoms with van der Waals surface area (Å²) >= 11 is 6.01. The van der Waals surface area contributed by atoms with Crippen molar-refractivity contribution in [2.24, 2.45) is 0 Å². The number of benzene rings is 2. The van der Waals surface area contributed by atoms with E-state index in [1.807, 2.05) is 38.4 Å². The lowest BCUT2D eigenvalue weighted by molar-refractivity contribution is 0.0734. The fourth-order valence-electron chi connectivity index (χ4n) is 3.63. The van der Waals surface area contributed by atoms with Gasteiger partial charge in [0.15, 0.2) is 5.82 Å². The lowest BCUT2D eigenvalue weighted by atomic mass is 10.1. The van der Waals surface area contributed by atoms with E-state index in [1.165, 1.54) is 25.7 Å². The number of ether oxygens (including phenoxy) is 2. The van der Waals surface area contributed by atoms with Crippen molar-refractivity contribution in [2.45, 2.75) is 70.8 Å². The van der Waals surface area contributed by atoms with Crippen molar-refractivity contribution in [1.82, 2.24) is 9.97 Å². The zero-order valence-corrected chi connectivity index (χ0v) is 20.9. The first-order valence-corrected chi connectivity index (χ1v) is 12.4. The van der Waals surface area contributed by atoms with E-state index in [9.17, 15) is 4.79 Å². The van der Waals surface area contributed by atoms with Gasteiger partial charge in [0.1, 0.15) is 11.5 Å². The topological polar surface area (TPSA) is 61.3 Å². The molecule has 3 aromatic rings. The lowest BCUT2D eigenvalue weighted by Crippen LogP contribution is -2.15. The number of aromatic nitrogens is 2. The van der Waals surface area contributed by atoms with Crippen molar-refractivity contribution >= 4 is 17.6 Å². The molecule has 1 aromatic heterocycles. The van der Waals surface area contributed by atoms with E-state index in [4.69, 9.17) is 21.1 Å². The third-order valence-corrected chi connectivity index (χ3v) is 5.61. The van der Waals surface area contributed by atoms with E-state index in [1.54, 1.807) is 36.4 Å². The maximum Gasteiger partial charge on any atom is 0.343 e. The van der Waals surface area contributed by atoms with Gasteiger partial charge in [-0.3, -0.25) is 0 Å². The summed E-state index contributed by atoms with van der Waals surface area (Å²) in [6, 6.07) is 14.1. The molecule has 0 unspecified atom stereocenters. The van der Waals surface area contributed by atoms with Crippen molar-refractivity contribution in [3.8, 4) is 22.9 Å². The van der Waals surface area contributed by atoms with Gasteiger partial charge in [0, 0.05) is 29.8 Å². The molecule has 0 N–H and O–H groups in total. The number of halogens is 1. The fraction of sp³-hybridized carbons (Fsp3) is 0.393. The zero-order chi connectivity index (χ0) is 24.3. The summed E-state index contributed by atoms with van der Waals surface area (Å²) in [4.78, 5) is 21.5. The monoisotopic (exact) mass is 480 g/mol. The summed E-state index contributed by atoms with van der Waals surface area (Å²) in [6.07, 6.45) is 10.4. The Hall–Kier alpha value is -2.92. The maximum absolute atomic E-state index is 12.5. The summed E-state index contributed by atoms with van der Waals surface area (Å²) in [7, 11) is 0. The van der Waals surface area contributed by atoms with E-state index in [-0.39, 0.29) is 11.5 Å². The van der Waals surface area contributed by atoms with Crippen LogP contribution in [0.3, 0.4) is 0 Å². The molecule has 0 aliphatic rings. The largest absolute Gasteiger partial charge is 0.491 e. The summed E-state index contributed by atoms with van der Waals surface area (Å²) in [6.45, 7) is 6.12. The molecule has 0 aliphatic heterocycles.